The molecule has 3 fully saturated rings. The number of rotatable bonds is 7. The van der Waals surface area contributed by atoms with Crippen molar-refractivity contribution in [1.82, 2.24) is 29.5 Å². The number of ether oxygens (including phenoxy) is 1. The lowest BCUT2D eigenvalue weighted by molar-refractivity contribution is -0.138. The van der Waals surface area contributed by atoms with Crippen LogP contribution in [0.25, 0.3) is 11.0 Å². The van der Waals surface area contributed by atoms with E-state index in [1.54, 1.807) is 6.33 Å². The van der Waals surface area contributed by atoms with Crippen LogP contribution in [0.5, 0.6) is 5.75 Å². The molecule has 8 heteroatoms. The van der Waals surface area contributed by atoms with Crippen molar-refractivity contribution in [3.63, 3.8) is 0 Å². The van der Waals surface area contributed by atoms with Gasteiger partial charge in [-0.05, 0) is 89.1 Å². The Hall–Kier alpha value is -3.00. The predicted octanol–water partition coefficient (Wildman–Crippen LogP) is 5.02. The van der Waals surface area contributed by atoms with Gasteiger partial charge in [-0.2, -0.15) is 5.10 Å². The third kappa shape index (κ3) is 5.81. The van der Waals surface area contributed by atoms with Crippen LogP contribution in [0.2, 0.25) is 0 Å². The number of carbonyl (C=O) groups is 1. The molecule has 0 bridgehead atoms. The summed E-state index contributed by atoms with van der Waals surface area (Å²) in [6.45, 7) is 7.43. The predicted molar refractivity (Wildman–Crippen MR) is 152 cm³/mol. The molecular formula is C31H42N6O2. The zero-order valence-electron chi connectivity index (χ0n) is 23.3. The Morgan fingerprint density at radius 1 is 0.974 bits per heavy atom. The van der Waals surface area contributed by atoms with Crippen LogP contribution in [0.1, 0.15) is 81.9 Å². The molecule has 0 atom stereocenters. The van der Waals surface area contributed by atoms with Gasteiger partial charge < -0.3 is 14.5 Å². The fraction of sp³-hybridized carbons (Fsp3) is 0.613. The molecule has 6 rings (SSSR count). The maximum Gasteiger partial charge on any atom is 0.225 e. The summed E-state index contributed by atoms with van der Waals surface area (Å²) in [5, 5.41) is 5.70. The number of carbonyl (C=O) groups excluding carboxylic acids is 1. The summed E-state index contributed by atoms with van der Waals surface area (Å²) in [7, 11) is 0. The second kappa shape index (κ2) is 12.0. The second-order valence-electron chi connectivity index (χ2n) is 11.6. The summed E-state index contributed by atoms with van der Waals surface area (Å²) in [6.07, 6.45) is 14.0. The normalized spacial score (nSPS) is 23.3. The highest BCUT2D eigenvalue weighted by Gasteiger charge is 2.34. The molecule has 0 spiro atoms. The van der Waals surface area contributed by atoms with Gasteiger partial charge in [0, 0.05) is 31.0 Å². The molecule has 1 aliphatic carbocycles. The Morgan fingerprint density at radius 3 is 2.54 bits per heavy atom. The minimum absolute atomic E-state index is 0.216. The molecule has 3 aromatic rings. The maximum atomic E-state index is 13.4. The number of fused-ring (bicyclic) bond motifs is 1. The van der Waals surface area contributed by atoms with Crippen molar-refractivity contribution in [3.8, 4) is 5.75 Å². The summed E-state index contributed by atoms with van der Waals surface area (Å²) in [6, 6.07) is 8.85. The van der Waals surface area contributed by atoms with E-state index >= 15 is 0 Å². The maximum absolute atomic E-state index is 13.4. The van der Waals surface area contributed by atoms with Gasteiger partial charge in [0.15, 0.2) is 5.65 Å². The van der Waals surface area contributed by atoms with E-state index in [-0.39, 0.29) is 5.92 Å². The summed E-state index contributed by atoms with van der Waals surface area (Å²) < 4.78 is 7.61. The lowest BCUT2D eigenvalue weighted by Gasteiger charge is -2.40. The highest BCUT2D eigenvalue weighted by Crippen LogP contribution is 2.34. The zero-order chi connectivity index (χ0) is 26.6. The van der Waals surface area contributed by atoms with Gasteiger partial charge in [-0.15, -0.1) is 0 Å². The third-order valence-electron chi connectivity index (χ3n) is 9.15. The first kappa shape index (κ1) is 26.2. The number of amides is 1. The molecule has 208 valence electrons. The van der Waals surface area contributed by atoms with Crippen molar-refractivity contribution in [2.45, 2.75) is 83.2 Å². The number of hydrogen-bond donors (Lipinski definition) is 0. The average molecular weight is 531 g/mol. The van der Waals surface area contributed by atoms with Crippen LogP contribution in [0, 0.1) is 5.92 Å². The van der Waals surface area contributed by atoms with E-state index in [1.807, 2.05) is 29.9 Å². The van der Waals surface area contributed by atoms with Gasteiger partial charge in [-0.25, -0.2) is 14.6 Å². The molecule has 0 radical (unpaired) electrons. The first-order chi connectivity index (χ1) is 19.2. The summed E-state index contributed by atoms with van der Waals surface area (Å²) in [4.78, 5) is 27.5. The van der Waals surface area contributed by atoms with Gasteiger partial charge >= 0.3 is 0 Å². The quantitative estimate of drug-likeness (QED) is 0.427. The summed E-state index contributed by atoms with van der Waals surface area (Å²) in [5.41, 5.74) is 3.07. The number of aromatic nitrogens is 4. The third-order valence-corrected chi connectivity index (χ3v) is 9.15. The van der Waals surface area contributed by atoms with Crippen molar-refractivity contribution in [3.05, 3.63) is 48.0 Å². The van der Waals surface area contributed by atoms with Crippen LogP contribution < -0.4 is 4.74 Å². The molecule has 1 aromatic carbocycles. The van der Waals surface area contributed by atoms with Gasteiger partial charge in [0.05, 0.1) is 30.4 Å². The number of piperidine rings is 2. The molecule has 4 heterocycles. The fourth-order valence-corrected chi connectivity index (χ4v) is 7.03. The van der Waals surface area contributed by atoms with Gasteiger partial charge in [0.25, 0.3) is 0 Å². The Kier molecular flexibility index (Phi) is 8.09. The molecular weight excluding hydrogens is 488 g/mol. The van der Waals surface area contributed by atoms with Crippen LogP contribution in [0.15, 0.2) is 36.8 Å². The number of hydrogen-bond acceptors (Lipinski definition) is 6. The van der Waals surface area contributed by atoms with Crippen LogP contribution >= 0.6 is 0 Å². The van der Waals surface area contributed by atoms with Crippen molar-refractivity contribution in [2.75, 3.05) is 32.8 Å². The topological polar surface area (TPSA) is 76.4 Å². The highest BCUT2D eigenvalue weighted by molar-refractivity contribution is 5.79. The number of likely N-dealkylation sites (tertiary alicyclic amines) is 2. The van der Waals surface area contributed by atoms with Crippen LogP contribution in [0.4, 0.5) is 0 Å². The van der Waals surface area contributed by atoms with Gasteiger partial charge in [-0.1, -0.05) is 18.6 Å². The Morgan fingerprint density at radius 2 is 1.77 bits per heavy atom. The summed E-state index contributed by atoms with van der Waals surface area (Å²) in [5.74, 6) is 1.81. The van der Waals surface area contributed by atoms with E-state index in [2.05, 4.69) is 32.0 Å². The first-order valence-electron chi connectivity index (χ1n) is 15.1. The first-order valence-corrected chi connectivity index (χ1v) is 15.1. The van der Waals surface area contributed by atoms with Gasteiger partial charge in [0.2, 0.25) is 5.91 Å². The van der Waals surface area contributed by atoms with Crippen molar-refractivity contribution in [2.24, 2.45) is 5.92 Å². The lowest BCUT2D eigenvalue weighted by Crippen LogP contribution is -2.45. The van der Waals surface area contributed by atoms with Crippen molar-refractivity contribution < 1.29 is 9.53 Å². The molecule has 2 aliphatic heterocycles. The Bertz CT molecular complexity index is 1250. The fourth-order valence-electron chi connectivity index (χ4n) is 7.03. The van der Waals surface area contributed by atoms with Crippen molar-refractivity contribution in [1.29, 1.82) is 0 Å². The minimum Gasteiger partial charge on any atom is -0.494 e. The monoisotopic (exact) mass is 530 g/mol. The molecule has 3 aliphatic rings. The summed E-state index contributed by atoms with van der Waals surface area (Å²) >= 11 is 0. The van der Waals surface area contributed by atoms with E-state index in [1.165, 1.54) is 45.2 Å². The van der Waals surface area contributed by atoms with Crippen LogP contribution in [0.3, 0.4) is 0 Å². The number of nitrogens with zero attached hydrogens (tertiary/aromatic N) is 6. The van der Waals surface area contributed by atoms with E-state index < -0.39 is 0 Å². The molecule has 0 N–H and O–H groups in total. The van der Waals surface area contributed by atoms with E-state index in [9.17, 15) is 4.79 Å². The molecule has 1 amide bonds. The highest BCUT2D eigenvalue weighted by atomic mass is 16.5. The average Bonchev–Trinajstić information content (AvgIpc) is 3.40. The minimum atomic E-state index is 0.216. The molecule has 2 saturated heterocycles. The molecule has 1 saturated carbocycles. The molecule has 0 unspecified atom stereocenters. The van der Waals surface area contributed by atoms with Gasteiger partial charge in [-0.3, -0.25) is 4.79 Å². The SMILES string of the molecule is CCOc1cccc(Cn2ncc3c(C4CCN(C(=O)C5CCC(N6CCCCC6)CC5)CC4)ncnc32)c1. The molecule has 8 nitrogen and oxygen atoms in total. The smallest absolute Gasteiger partial charge is 0.225 e. The van der Waals surface area contributed by atoms with Crippen molar-refractivity contribution >= 4 is 16.9 Å². The largest absolute Gasteiger partial charge is 0.494 e. The molecule has 2 aromatic heterocycles. The lowest BCUT2D eigenvalue weighted by atomic mass is 9.83. The zero-order valence-corrected chi connectivity index (χ0v) is 23.3. The number of benzene rings is 1. The second-order valence-corrected chi connectivity index (χ2v) is 11.6. The standard InChI is InChI=1S/C31H42N6O2/c1-2-39-27-8-6-7-23(19-27)21-37-30-28(20-34-37)29(32-22-33-30)24-13-17-36(18-14-24)31(38)25-9-11-26(12-10-25)35-15-4-3-5-16-35/h6-8,19-20,22,24-26H,2-5,9-18,21H2,1H3. The molecule has 39 heavy (non-hydrogen) atoms. The van der Waals surface area contributed by atoms with Crippen LogP contribution in [-0.2, 0) is 11.3 Å². The van der Waals surface area contributed by atoms with E-state index in [0.717, 1.165) is 66.8 Å². The van der Waals surface area contributed by atoms with E-state index in [4.69, 9.17) is 9.72 Å². The Labute approximate surface area is 231 Å². The Balaban J connectivity index is 1.06. The van der Waals surface area contributed by atoms with Crippen LogP contribution in [-0.4, -0.2) is 74.3 Å². The van der Waals surface area contributed by atoms with E-state index in [0.29, 0.717) is 31.0 Å². The van der Waals surface area contributed by atoms with Gasteiger partial charge in [0.1, 0.15) is 12.1 Å².